The maximum Gasteiger partial charge on any atom is 0.270 e. The van der Waals surface area contributed by atoms with Gasteiger partial charge >= 0.3 is 0 Å². The van der Waals surface area contributed by atoms with Gasteiger partial charge in [-0.2, -0.15) is 0 Å². The number of aromatic amines is 1. The first kappa shape index (κ1) is 20.1. The summed E-state index contributed by atoms with van der Waals surface area (Å²) < 4.78 is 0. The molecule has 1 fully saturated rings. The molecule has 1 aromatic heterocycles. The van der Waals surface area contributed by atoms with Crippen LogP contribution in [0.5, 0.6) is 0 Å². The van der Waals surface area contributed by atoms with Crippen LogP contribution in [0.1, 0.15) is 41.3 Å². The zero-order chi connectivity index (χ0) is 21.3. The van der Waals surface area contributed by atoms with E-state index in [0.29, 0.717) is 30.0 Å². The van der Waals surface area contributed by atoms with Crippen LogP contribution >= 0.6 is 0 Å². The molecule has 1 saturated heterocycles. The van der Waals surface area contributed by atoms with Crippen molar-refractivity contribution in [2.45, 2.75) is 26.3 Å². The summed E-state index contributed by atoms with van der Waals surface area (Å²) in [5.41, 5.74) is 3.83. The maximum absolute atomic E-state index is 13.0. The lowest BCUT2D eigenvalue weighted by Crippen LogP contribution is -2.48. The first-order valence-corrected chi connectivity index (χ1v) is 10.3. The fourth-order valence-electron chi connectivity index (χ4n) is 3.94. The molecule has 7 nitrogen and oxygen atoms in total. The molecule has 0 atom stereocenters. The number of piperazine rings is 1. The number of hydrogen-bond acceptors (Lipinski definition) is 4. The lowest BCUT2D eigenvalue weighted by molar-refractivity contribution is -0.384. The van der Waals surface area contributed by atoms with Crippen molar-refractivity contribution in [1.82, 2.24) is 14.8 Å². The van der Waals surface area contributed by atoms with Gasteiger partial charge in [0, 0.05) is 62.0 Å². The molecule has 2 heterocycles. The number of carbonyl (C=O) groups excluding carboxylic acids is 1. The Morgan fingerprint density at radius 2 is 1.80 bits per heavy atom. The molecule has 3 aromatic rings. The molecule has 1 aliphatic rings. The maximum atomic E-state index is 13.0. The van der Waals surface area contributed by atoms with Gasteiger partial charge in [0.15, 0.2) is 0 Å². The smallest absolute Gasteiger partial charge is 0.270 e. The molecule has 0 unspecified atom stereocenters. The number of non-ortho nitro benzene ring substituents is 1. The minimum absolute atomic E-state index is 0.00976. The first-order valence-electron chi connectivity index (χ1n) is 10.3. The second-order valence-corrected chi connectivity index (χ2v) is 8.15. The second-order valence-electron chi connectivity index (χ2n) is 8.15. The van der Waals surface area contributed by atoms with Crippen molar-refractivity contribution in [2.75, 3.05) is 26.2 Å². The van der Waals surface area contributed by atoms with E-state index >= 15 is 0 Å². The first-order chi connectivity index (χ1) is 14.4. The molecule has 30 heavy (non-hydrogen) atoms. The van der Waals surface area contributed by atoms with E-state index < -0.39 is 4.92 Å². The van der Waals surface area contributed by atoms with E-state index in [4.69, 9.17) is 0 Å². The summed E-state index contributed by atoms with van der Waals surface area (Å²) in [4.78, 5) is 30.9. The minimum Gasteiger partial charge on any atom is -0.360 e. The van der Waals surface area contributed by atoms with Gasteiger partial charge in [0.1, 0.15) is 0 Å². The summed E-state index contributed by atoms with van der Waals surface area (Å²) in [5.74, 6) is 0.447. The van der Waals surface area contributed by atoms with Gasteiger partial charge in [0.25, 0.3) is 11.6 Å². The Kier molecular flexibility index (Phi) is 5.55. The van der Waals surface area contributed by atoms with Crippen LogP contribution < -0.4 is 0 Å². The fraction of sp³-hybridized carbons (Fsp3) is 0.348. The number of rotatable bonds is 5. The van der Waals surface area contributed by atoms with Crippen molar-refractivity contribution in [3.05, 3.63) is 75.5 Å². The van der Waals surface area contributed by atoms with Gasteiger partial charge in [-0.1, -0.05) is 38.1 Å². The lowest BCUT2D eigenvalue weighted by atomic mass is 10.0. The average Bonchev–Trinajstić information content (AvgIpc) is 3.17. The number of aromatic nitrogens is 1. The molecule has 1 amide bonds. The number of nitro benzene ring substituents is 1. The van der Waals surface area contributed by atoms with Crippen LogP contribution in [0.4, 0.5) is 5.69 Å². The van der Waals surface area contributed by atoms with Crippen LogP contribution in [0.2, 0.25) is 0 Å². The third-order valence-corrected chi connectivity index (χ3v) is 5.82. The van der Waals surface area contributed by atoms with Crippen LogP contribution in [-0.2, 0) is 6.54 Å². The number of amides is 1. The standard InChI is InChI=1S/C23H26N4O3/c1-16(2)18-5-3-17(4-6-18)15-25-9-11-26(12-10-25)23(28)21-14-24-22-8-7-19(27(29)30)13-20(21)22/h3-8,13-14,16,24H,9-12,15H2,1-2H3. The Morgan fingerprint density at radius 1 is 1.10 bits per heavy atom. The zero-order valence-corrected chi connectivity index (χ0v) is 17.3. The molecule has 7 heteroatoms. The minimum atomic E-state index is -0.437. The monoisotopic (exact) mass is 406 g/mol. The van der Waals surface area contributed by atoms with Gasteiger partial charge in [0.2, 0.25) is 0 Å². The van der Waals surface area contributed by atoms with E-state index in [1.54, 1.807) is 12.3 Å². The largest absolute Gasteiger partial charge is 0.360 e. The SMILES string of the molecule is CC(C)c1ccc(CN2CCN(C(=O)c3c[nH]c4ccc([N+](=O)[O-])cc34)CC2)cc1. The van der Waals surface area contributed by atoms with Gasteiger partial charge in [-0.15, -0.1) is 0 Å². The second kappa shape index (κ2) is 8.28. The van der Waals surface area contributed by atoms with Crippen LogP contribution in [0.15, 0.2) is 48.7 Å². The van der Waals surface area contributed by atoms with Gasteiger partial charge in [-0.25, -0.2) is 0 Å². The molecule has 1 aliphatic heterocycles. The molecule has 1 N–H and O–H groups in total. The Bertz CT molecular complexity index is 1060. The summed E-state index contributed by atoms with van der Waals surface area (Å²) in [5, 5.41) is 11.7. The topological polar surface area (TPSA) is 82.5 Å². The number of benzene rings is 2. The number of H-pyrrole nitrogens is 1. The van der Waals surface area contributed by atoms with Gasteiger partial charge in [-0.3, -0.25) is 19.8 Å². The molecule has 2 aromatic carbocycles. The van der Waals surface area contributed by atoms with Crippen molar-refractivity contribution >= 4 is 22.5 Å². The van der Waals surface area contributed by atoms with Gasteiger partial charge in [0.05, 0.1) is 10.5 Å². The van der Waals surface area contributed by atoms with E-state index in [9.17, 15) is 14.9 Å². The van der Waals surface area contributed by atoms with E-state index in [1.165, 1.54) is 23.3 Å². The Morgan fingerprint density at radius 3 is 2.43 bits per heavy atom. The molecule has 156 valence electrons. The molecular formula is C23H26N4O3. The highest BCUT2D eigenvalue weighted by Crippen LogP contribution is 2.25. The fourth-order valence-corrected chi connectivity index (χ4v) is 3.94. The van der Waals surface area contributed by atoms with Crippen molar-refractivity contribution in [1.29, 1.82) is 0 Å². The quantitative estimate of drug-likeness (QED) is 0.510. The zero-order valence-electron chi connectivity index (χ0n) is 17.3. The van der Waals surface area contributed by atoms with Crippen molar-refractivity contribution in [2.24, 2.45) is 0 Å². The normalized spacial score (nSPS) is 15.1. The number of nitrogens with one attached hydrogen (secondary N) is 1. The number of hydrogen-bond donors (Lipinski definition) is 1. The van der Waals surface area contributed by atoms with Crippen molar-refractivity contribution in [3.8, 4) is 0 Å². The third kappa shape index (κ3) is 4.07. The van der Waals surface area contributed by atoms with Crippen LogP contribution in [0, 0.1) is 10.1 Å². The van der Waals surface area contributed by atoms with E-state index in [-0.39, 0.29) is 11.6 Å². The van der Waals surface area contributed by atoms with E-state index in [1.807, 2.05) is 4.90 Å². The van der Waals surface area contributed by atoms with Gasteiger partial charge in [-0.05, 0) is 23.1 Å². The van der Waals surface area contributed by atoms with Crippen molar-refractivity contribution in [3.63, 3.8) is 0 Å². The summed E-state index contributed by atoms with van der Waals surface area (Å²) in [7, 11) is 0. The number of carbonyl (C=O) groups is 1. The Balaban J connectivity index is 1.40. The lowest BCUT2D eigenvalue weighted by Gasteiger charge is -2.34. The molecule has 0 spiro atoms. The van der Waals surface area contributed by atoms with Crippen molar-refractivity contribution < 1.29 is 9.72 Å². The number of fused-ring (bicyclic) bond motifs is 1. The Hall–Kier alpha value is -3.19. The molecule has 0 saturated carbocycles. The van der Waals surface area contributed by atoms with Crippen LogP contribution in [0.25, 0.3) is 10.9 Å². The Labute approximate surface area is 175 Å². The highest BCUT2D eigenvalue weighted by atomic mass is 16.6. The van der Waals surface area contributed by atoms with Crippen LogP contribution in [0.3, 0.4) is 0 Å². The summed E-state index contributed by atoms with van der Waals surface area (Å²) in [6, 6.07) is 13.3. The number of nitrogens with zero attached hydrogens (tertiary/aromatic N) is 3. The van der Waals surface area contributed by atoms with Gasteiger partial charge < -0.3 is 9.88 Å². The molecular weight excluding hydrogens is 380 g/mol. The molecule has 4 rings (SSSR count). The molecule has 0 aliphatic carbocycles. The number of nitro groups is 1. The summed E-state index contributed by atoms with van der Waals surface area (Å²) in [6.07, 6.45) is 1.65. The predicted octanol–water partition coefficient (Wildman–Crippen LogP) is 4.16. The molecule has 0 radical (unpaired) electrons. The summed E-state index contributed by atoms with van der Waals surface area (Å²) in [6.45, 7) is 8.16. The average molecular weight is 406 g/mol. The summed E-state index contributed by atoms with van der Waals surface area (Å²) >= 11 is 0. The van der Waals surface area contributed by atoms with Crippen LogP contribution in [-0.4, -0.2) is 51.8 Å². The predicted molar refractivity (Wildman–Crippen MR) is 117 cm³/mol. The highest BCUT2D eigenvalue weighted by molar-refractivity contribution is 6.07. The third-order valence-electron chi connectivity index (χ3n) is 5.82. The highest BCUT2D eigenvalue weighted by Gasteiger charge is 2.24. The van der Waals surface area contributed by atoms with E-state index in [0.717, 1.165) is 25.2 Å². The van der Waals surface area contributed by atoms with E-state index in [2.05, 4.69) is 48.0 Å². The molecule has 0 bridgehead atoms.